The number of hydrogen-bond donors (Lipinski definition) is 2. The maximum atomic E-state index is 5.91. The molecular weight excluding hydrogens is 393 g/mol. The molecule has 0 aliphatic heterocycles. The lowest BCUT2D eigenvalue weighted by atomic mass is 9.78. The van der Waals surface area contributed by atoms with Gasteiger partial charge in [-0.1, -0.05) is 0 Å². The molecule has 3 N–H and O–H groups in total. The number of nitrogens with one attached hydrogen (secondary N) is 1. The largest absolute Gasteiger partial charge is 0.377 e. The van der Waals surface area contributed by atoms with Crippen LogP contribution in [-0.2, 0) is 17.8 Å². The molecule has 146 valence electrons. The molecule has 9 heteroatoms. The number of anilines is 1. The van der Waals surface area contributed by atoms with E-state index in [4.69, 9.17) is 10.5 Å². The summed E-state index contributed by atoms with van der Waals surface area (Å²) < 4.78 is 5.19. The lowest BCUT2D eigenvalue weighted by Crippen LogP contribution is -2.35. The van der Waals surface area contributed by atoms with Crippen LogP contribution in [-0.4, -0.2) is 34.6 Å². The third-order valence-electron chi connectivity index (χ3n) is 4.38. The Kier molecular flexibility index (Phi) is 9.19. The van der Waals surface area contributed by atoms with Crippen molar-refractivity contribution in [3.63, 3.8) is 0 Å². The third-order valence-corrected chi connectivity index (χ3v) is 5.51. The summed E-state index contributed by atoms with van der Waals surface area (Å²) in [5, 5.41) is 4.57. The summed E-state index contributed by atoms with van der Waals surface area (Å²) >= 11 is 1.76. The van der Waals surface area contributed by atoms with E-state index in [1.807, 2.05) is 6.07 Å². The average molecular weight is 420 g/mol. The summed E-state index contributed by atoms with van der Waals surface area (Å²) in [6, 6.07) is 2.36. The molecule has 3 rings (SSSR count). The molecule has 2 aromatic rings. The SMILES string of the molecule is COCc1nc(NCCc2nc(C)c(C)s2)cc(C2CC(N)C2)n1.Cl.Cl. The Morgan fingerprint density at radius 3 is 2.54 bits per heavy atom. The van der Waals surface area contributed by atoms with E-state index in [1.54, 1.807) is 18.4 Å². The Morgan fingerprint density at radius 1 is 1.23 bits per heavy atom. The molecule has 0 aromatic carbocycles. The number of rotatable bonds is 7. The van der Waals surface area contributed by atoms with Crippen molar-refractivity contribution in [1.82, 2.24) is 15.0 Å². The molecule has 0 saturated heterocycles. The van der Waals surface area contributed by atoms with Crippen LogP contribution in [0.25, 0.3) is 0 Å². The molecule has 26 heavy (non-hydrogen) atoms. The van der Waals surface area contributed by atoms with E-state index in [1.165, 1.54) is 4.88 Å². The summed E-state index contributed by atoms with van der Waals surface area (Å²) in [4.78, 5) is 15.0. The topological polar surface area (TPSA) is 86.0 Å². The molecule has 0 radical (unpaired) electrons. The highest BCUT2D eigenvalue weighted by molar-refractivity contribution is 7.11. The minimum absolute atomic E-state index is 0. The lowest BCUT2D eigenvalue weighted by Gasteiger charge is -2.32. The second-order valence-corrected chi connectivity index (χ2v) is 7.67. The van der Waals surface area contributed by atoms with Crippen LogP contribution in [0.2, 0.25) is 0 Å². The van der Waals surface area contributed by atoms with E-state index in [0.717, 1.165) is 53.8 Å². The van der Waals surface area contributed by atoms with E-state index in [9.17, 15) is 0 Å². The summed E-state index contributed by atoms with van der Waals surface area (Å²) in [5.41, 5.74) is 8.11. The molecule has 1 saturated carbocycles. The molecule has 0 spiro atoms. The monoisotopic (exact) mass is 419 g/mol. The zero-order chi connectivity index (χ0) is 17.1. The summed E-state index contributed by atoms with van der Waals surface area (Å²) in [6.07, 6.45) is 2.90. The molecule has 1 aliphatic carbocycles. The van der Waals surface area contributed by atoms with Crippen molar-refractivity contribution in [2.24, 2.45) is 5.73 Å². The molecule has 0 atom stereocenters. The molecule has 0 bridgehead atoms. The number of nitrogens with zero attached hydrogens (tertiary/aromatic N) is 3. The van der Waals surface area contributed by atoms with Gasteiger partial charge < -0.3 is 15.8 Å². The number of aromatic nitrogens is 3. The van der Waals surface area contributed by atoms with Crippen LogP contribution >= 0.6 is 36.2 Å². The Labute approximate surface area is 171 Å². The average Bonchev–Trinajstić information content (AvgIpc) is 2.82. The van der Waals surface area contributed by atoms with Gasteiger partial charge in [-0.05, 0) is 26.7 Å². The Morgan fingerprint density at radius 2 is 1.96 bits per heavy atom. The highest BCUT2D eigenvalue weighted by atomic mass is 35.5. The fourth-order valence-corrected chi connectivity index (χ4v) is 3.79. The number of aryl methyl sites for hydroxylation is 2. The normalized spacial score (nSPS) is 18.5. The van der Waals surface area contributed by atoms with E-state index in [0.29, 0.717) is 18.6 Å². The van der Waals surface area contributed by atoms with Gasteiger partial charge in [0, 0.05) is 48.7 Å². The Hall–Kier alpha value is -0.990. The minimum Gasteiger partial charge on any atom is -0.377 e. The van der Waals surface area contributed by atoms with Crippen molar-refractivity contribution in [1.29, 1.82) is 0 Å². The van der Waals surface area contributed by atoms with Crippen molar-refractivity contribution in [2.45, 2.75) is 51.7 Å². The van der Waals surface area contributed by atoms with Gasteiger partial charge in [-0.15, -0.1) is 36.2 Å². The minimum atomic E-state index is 0. The van der Waals surface area contributed by atoms with Crippen molar-refractivity contribution in [3.8, 4) is 0 Å². The van der Waals surface area contributed by atoms with E-state index in [-0.39, 0.29) is 24.8 Å². The van der Waals surface area contributed by atoms with Gasteiger partial charge >= 0.3 is 0 Å². The number of ether oxygens (including phenoxy) is 1. The van der Waals surface area contributed by atoms with Gasteiger partial charge in [0.05, 0.1) is 10.7 Å². The number of halogens is 2. The fourth-order valence-electron chi connectivity index (χ4n) is 2.86. The molecule has 2 heterocycles. The van der Waals surface area contributed by atoms with Crippen LogP contribution in [0, 0.1) is 13.8 Å². The van der Waals surface area contributed by atoms with Crippen molar-refractivity contribution in [2.75, 3.05) is 19.0 Å². The summed E-state index contributed by atoms with van der Waals surface area (Å²) in [7, 11) is 1.66. The first-order valence-corrected chi connectivity index (χ1v) is 9.16. The lowest BCUT2D eigenvalue weighted by molar-refractivity contribution is 0.177. The first kappa shape index (κ1) is 23.0. The van der Waals surface area contributed by atoms with Crippen molar-refractivity contribution in [3.05, 3.63) is 33.2 Å². The highest BCUT2D eigenvalue weighted by Gasteiger charge is 2.29. The van der Waals surface area contributed by atoms with Crippen LogP contribution < -0.4 is 11.1 Å². The van der Waals surface area contributed by atoms with Gasteiger partial charge in [0.15, 0.2) is 5.82 Å². The van der Waals surface area contributed by atoms with Gasteiger partial charge in [0.25, 0.3) is 0 Å². The number of thiazole rings is 1. The van der Waals surface area contributed by atoms with Crippen molar-refractivity contribution >= 4 is 42.0 Å². The fraction of sp³-hybridized carbons (Fsp3) is 0.588. The van der Waals surface area contributed by atoms with Crippen LogP contribution in [0.1, 0.15) is 45.9 Å². The van der Waals surface area contributed by atoms with E-state index >= 15 is 0 Å². The van der Waals surface area contributed by atoms with Gasteiger partial charge in [0.2, 0.25) is 0 Å². The maximum absolute atomic E-state index is 5.91. The molecular formula is C17H27Cl2N5OS. The number of methoxy groups -OCH3 is 1. The smallest absolute Gasteiger partial charge is 0.156 e. The van der Waals surface area contributed by atoms with Crippen LogP contribution in [0.3, 0.4) is 0 Å². The first-order valence-electron chi connectivity index (χ1n) is 8.34. The van der Waals surface area contributed by atoms with Gasteiger partial charge in [-0.2, -0.15) is 0 Å². The highest BCUT2D eigenvalue weighted by Crippen LogP contribution is 2.35. The number of nitrogens with two attached hydrogens (primary N) is 1. The molecule has 1 aliphatic rings. The van der Waals surface area contributed by atoms with Gasteiger partial charge in [-0.3, -0.25) is 0 Å². The number of hydrogen-bond acceptors (Lipinski definition) is 7. The molecule has 1 fully saturated rings. The Bertz CT molecular complexity index is 687. The zero-order valence-electron chi connectivity index (χ0n) is 15.3. The molecule has 0 unspecified atom stereocenters. The van der Waals surface area contributed by atoms with Crippen molar-refractivity contribution < 1.29 is 4.74 Å². The summed E-state index contributed by atoms with van der Waals surface area (Å²) in [5.74, 6) is 2.03. The molecule has 2 aromatic heterocycles. The second-order valence-electron chi connectivity index (χ2n) is 6.38. The van der Waals surface area contributed by atoms with Crippen LogP contribution in [0.15, 0.2) is 6.07 Å². The maximum Gasteiger partial charge on any atom is 0.156 e. The van der Waals surface area contributed by atoms with Crippen LogP contribution in [0.4, 0.5) is 5.82 Å². The third kappa shape index (κ3) is 5.76. The van der Waals surface area contributed by atoms with E-state index < -0.39 is 0 Å². The zero-order valence-corrected chi connectivity index (χ0v) is 17.8. The molecule has 0 amide bonds. The Balaban J connectivity index is 0.00000169. The standard InChI is InChI=1S/C17H25N5OS.2ClH/c1-10-11(2)24-17(20-10)4-5-19-15-8-14(12-6-13(18)7-12)21-16(22-15)9-23-3;;/h8,12-13H,4-7,9,18H2,1-3H3,(H,19,21,22);2*1H. The second kappa shape index (κ2) is 10.4. The van der Waals surface area contributed by atoms with Crippen LogP contribution in [0.5, 0.6) is 0 Å². The molecule has 6 nitrogen and oxygen atoms in total. The van der Waals surface area contributed by atoms with Gasteiger partial charge in [0.1, 0.15) is 12.4 Å². The van der Waals surface area contributed by atoms with E-state index in [2.05, 4.69) is 34.1 Å². The quantitative estimate of drug-likeness (QED) is 0.714. The predicted molar refractivity (Wildman–Crippen MR) is 111 cm³/mol. The summed E-state index contributed by atoms with van der Waals surface area (Å²) in [6.45, 7) is 5.40. The first-order chi connectivity index (χ1) is 11.5. The predicted octanol–water partition coefficient (Wildman–Crippen LogP) is 3.40. The van der Waals surface area contributed by atoms with Gasteiger partial charge in [-0.25, -0.2) is 15.0 Å².